The molecule has 0 spiro atoms. The number of aromatic nitrogens is 4. The fourth-order valence-corrected chi connectivity index (χ4v) is 6.11. The second kappa shape index (κ2) is 7.50. The molecule has 0 N–H and O–H groups in total. The normalized spacial score (nSPS) is 25.1. The van der Waals surface area contributed by atoms with Crippen molar-refractivity contribution in [2.75, 3.05) is 26.7 Å². The van der Waals surface area contributed by atoms with E-state index in [1.165, 1.54) is 12.8 Å². The fraction of sp³-hybridized carbons (Fsp3) is 0.500. The zero-order valence-electron chi connectivity index (χ0n) is 18.8. The molecule has 3 atom stereocenters. The minimum atomic E-state index is 0.367. The van der Waals surface area contributed by atoms with Crippen molar-refractivity contribution in [2.24, 2.45) is 5.92 Å². The fourth-order valence-electron chi connectivity index (χ4n) is 6.11. The SMILES string of the molecule is COc1cc(-c2cnn(C3CN(C4CC5CC(C4)N(C#N)C5)C3)c2C)cn2ncc(C#N)c12. The first-order chi connectivity index (χ1) is 16.1. The summed E-state index contributed by atoms with van der Waals surface area (Å²) in [7, 11) is 1.61. The lowest BCUT2D eigenvalue weighted by atomic mass is 9.84. The second-order valence-electron chi connectivity index (χ2n) is 9.59. The molecule has 1 aliphatic carbocycles. The monoisotopic (exact) mass is 442 g/mol. The first-order valence-electron chi connectivity index (χ1n) is 11.5. The van der Waals surface area contributed by atoms with Gasteiger partial charge in [0.25, 0.3) is 0 Å². The van der Waals surface area contributed by atoms with Gasteiger partial charge >= 0.3 is 0 Å². The molecule has 2 aliphatic heterocycles. The number of pyridine rings is 1. The predicted octanol–water partition coefficient (Wildman–Crippen LogP) is 2.58. The molecular weight excluding hydrogens is 416 g/mol. The van der Waals surface area contributed by atoms with Crippen LogP contribution in [0.15, 0.2) is 24.7 Å². The number of fused-ring (bicyclic) bond motifs is 3. The minimum Gasteiger partial charge on any atom is -0.494 e. The van der Waals surface area contributed by atoms with Crippen LogP contribution in [-0.4, -0.2) is 68.0 Å². The van der Waals surface area contributed by atoms with Gasteiger partial charge in [0.05, 0.1) is 25.5 Å². The molecule has 5 heterocycles. The molecular formula is C24H26N8O. The van der Waals surface area contributed by atoms with E-state index in [9.17, 15) is 10.5 Å². The number of methoxy groups -OCH3 is 1. The summed E-state index contributed by atoms with van der Waals surface area (Å²) in [6.07, 6.45) is 11.3. The third kappa shape index (κ3) is 3.07. The molecule has 9 nitrogen and oxygen atoms in total. The maximum atomic E-state index is 9.36. The minimum absolute atomic E-state index is 0.367. The van der Waals surface area contributed by atoms with Gasteiger partial charge in [-0.25, -0.2) is 4.52 Å². The third-order valence-corrected chi connectivity index (χ3v) is 7.80. The first kappa shape index (κ1) is 20.1. The number of rotatable bonds is 4. The van der Waals surface area contributed by atoms with Crippen molar-refractivity contribution in [3.8, 4) is 29.1 Å². The van der Waals surface area contributed by atoms with Crippen LogP contribution in [0.2, 0.25) is 0 Å². The number of ether oxygens (including phenoxy) is 1. The molecule has 3 fully saturated rings. The first-order valence-corrected chi connectivity index (χ1v) is 11.5. The molecule has 168 valence electrons. The summed E-state index contributed by atoms with van der Waals surface area (Å²) in [5.74, 6) is 1.29. The Morgan fingerprint density at radius 3 is 2.61 bits per heavy atom. The van der Waals surface area contributed by atoms with Gasteiger partial charge in [-0.15, -0.1) is 0 Å². The molecule has 3 aromatic rings. The van der Waals surface area contributed by atoms with Gasteiger partial charge < -0.3 is 9.64 Å². The molecule has 2 saturated heterocycles. The largest absolute Gasteiger partial charge is 0.494 e. The number of hydrogen-bond donors (Lipinski definition) is 0. The Kier molecular flexibility index (Phi) is 4.56. The van der Waals surface area contributed by atoms with Gasteiger partial charge in [0.15, 0.2) is 6.19 Å². The summed E-state index contributed by atoms with van der Waals surface area (Å²) in [4.78, 5) is 4.57. The van der Waals surface area contributed by atoms with Crippen molar-refractivity contribution in [1.29, 1.82) is 10.5 Å². The van der Waals surface area contributed by atoms with Crippen LogP contribution in [0.25, 0.3) is 16.6 Å². The van der Waals surface area contributed by atoms with Gasteiger partial charge in [-0.1, -0.05) is 0 Å². The Bertz CT molecular complexity index is 1300. The van der Waals surface area contributed by atoms with Gasteiger partial charge in [0, 0.05) is 54.7 Å². The lowest BCUT2D eigenvalue weighted by Crippen LogP contribution is -2.55. The highest BCUT2D eigenvalue weighted by atomic mass is 16.5. The summed E-state index contributed by atoms with van der Waals surface area (Å²) in [5.41, 5.74) is 4.30. The van der Waals surface area contributed by atoms with E-state index in [-0.39, 0.29) is 0 Å². The number of likely N-dealkylation sites (tertiary alicyclic amines) is 2. The average molecular weight is 443 g/mol. The summed E-state index contributed by atoms with van der Waals surface area (Å²) in [6, 6.07) is 5.51. The van der Waals surface area contributed by atoms with Crippen molar-refractivity contribution in [1.82, 2.24) is 29.2 Å². The van der Waals surface area contributed by atoms with E-state index in [0.29, 0.717) is 40.9 Å². The van der Waals surface area contributed by atoms with E-state index in [1.54, 1.807) is 17.8 Å². The molecule has 3 unspecified atom stereocenters. The van der Waals surface area contributed by atoms with Crippen molar-refractivity contribution >= 4 is 5.52 Å². The maximum absolute atomic E-state index is 9.36. The maximum Gasteiger partial charge on any atom is 0.179 e. The summed E-state index contributed by atoms with van der Waals surface area (Å²) >= 11 is 0. The summed E-state index contributed by atoms with van der Waals surface area (Å²) in [6.45, 7) is 5.06. The van der Waals surface area contributed by atoms with E-state index >= 15 is 0 Å². The van der Waals surface area contributed by atoms with Crippen LogP contribution in [0.5, 0.6) is 5.75 Å². The third-order valence-electron chi connectivity index (χ3n) is 7.80. The van der Waals surface area contributed by atoms with Gasteiger partial charge in [-0.05, 0) is 38.2 Å². The molecule has 6 rings (SSSR count). The lowest BCUT2D eigenvalue weighted by molar-refractivity contribution is 0.0258. The summed E-state index contributed by atoms with van der Waals surface area (Å²) in [5, 5.41) is 27.8. The van der Waals surface area contributed by atoms with Crippen LogP contribution in [0.1, 0.15) is 36.6 Å². The van der Waals surface area contributed by atoms with Crippen LogP contribution in [0.3, 0.4) is 0 Å². The Balaban J connectivity index is 1.21. The average Bonchev–Trinajstić information content (AvgIpc) is 3.47. The highest BCUT2D eigenvalue weighted by Gasteiger charge is 2.44. The Hall–Kier alpha value is -3.56. The predicted molar refractivity (Wildman–Crippen MR) is 120 cm³/mol. The van der Waals surface area contributed by atoms with Crippen molar-refractivity contribution in [3.63, 3.8) is 0 Å². The van der Waals surface area contributed by atoms with E-state index in [0.717, 1.165) is 42.9 Å². The van der Waals surface area contributed by atoms with Crippen molar-refractivity contribution in [2.45, 2.75) is 44.3 Å². The topological polar surface area (TPSA) is 98.4 Å². The van der Waals surface area contributed by atoms with E-state index in [2.05, 4.69) is 33.9 Å². The van der Waals surface area contributed by atoms with E-state index < -0.39 is 0 Å². The molecule has 0 aromatic carbocycles. The highest BCUT2D eigenvalue weighted by Crippen LogP contribution is 2.40. The zero-order chi connectivity index (χ0) is 22.7. The molecule has 0 amide bonds. The van der Waals surface area contributed by atoms with Gasteiger partial charge in [0.2, 0.25) is 0 Å². The van der Waals surface area contributed by atoms with Crippen LogP contribution in [0, 0.1) is 35.6 Å². The number of nitriles is 2. The molecule has 3 aliphatic rings. The van der Waals surface area contributed by atoms with Crippen LogP contribution in [0.4, 0.5) is 0 Å². The zero-order valence-corrected chi connectivity index (χ0v) is 18.8. The van der Waals surface area contributed by atoms with Crippen molar-refractivity contribution in [3.05, 3.63) is 35.9 Å². The van der Waals surface area contributed by atoms with Crippen molar-refractivity contribution < 1.29 is 4.74 Å². The Morgan fingerprint density at radius 2 is 1.85 bits per heavy atom. The van der Waals surface area contributed by atoms with Crippen LogP contribution in [-0.2, 0) is 0 Å². The molecule has 1 saturated carbocycles. The Morgan fingerprint density at radius 1 is 1.03 bits per heavy atom. The lowest BCUT2D eigenvalue weighted by Gasteiger charge is -2.47. The van der Waals surface area contributed by atoms with Gasteiger partial charge in [-0.2, -0.15) is 20.7 Å². The summed E-state index contributed by atoms with van der Waals surface area (Å²) < 4.78 is 9.42. The van der Waals surface area contributed by atoms with E-state index in [1.807, 2.05) is 23.4 Å². The van der Waals surface area contributed by atoms with Gasteiger partial charge in [-0.3, -0.25) is 9.58 Å². The molecule has 3 aromatic heterocycles. The standard InChI is InChI=1S/C24H26N8O/c1-15-22(17-5-23(33-2)24-18(7-25)8-27-31(24)11-17)9-28-32(15)21-12-29(13-21)19-3-16-4-20(6-19)30(10-16)14-26/h5,8-9,11,16,19-21H,3-4,6,10,12-13H2,1-2H3. The number of nitrogens with zero attached hydrogens (tertiary/aromatic N) is 8. The molecule has 9 heteroatoms. The van der Waals surface area contributed by atoms with Crippen LogP contribution < -0.4 is 4.74 Å². The second-order valence-corrected chi connectivity index (χ2v) is 9.59. The van der Waals surface area contributed by atoms with E-state index in [4.69, 9.17) is 9.84 Å². The van der Waals surface area contributed by atoms with Gasteiger partial charge in [0.1, 0.15) is 22.9 Å². The number of hydrogen-bond acceptors (Lipinski definition) is 7. The molecule has 2 bridgehead atoms. The highest BCUT2D eigenvalue weighted by molar-refractivity contribution is 5.75. The Labute approximate surface area is 192 Å². The molecule has 33 heavy (non-hydrogen) atoms. The molecule has 0 radical (unpaired) electrons. The quantitative estimate of drug-likeness (QED) is 0.573. The van der Waals surface area contributed by atoms with Crippen LogP contribution >= 0.6 is 0 Å². The smallest absolute Gasteiger partial charge is 0.179 e.